The lowest BCUT2D eigenvalue weighted by Crippen LogP contribution is -2.49. The molecule has 3 atom stereocenters. The molecule has 0 saturated carbocycles. The molecule has 3 rings (SSSR count). The maximum Gasteiger partial charge on any atom is 0.193 e. The lowest BCUT2D eigenvalue weighted by atomic mass is 9.89. The molecule has 1 aliphatic heterocycles. The minimum Gasteiger partial charge on any atom is -0.356 e. The predicted octanol–water partition coefficient (Wildman–Crippen LogP) is 3.79. The van der Waals surface area contributed by atoms with Gasteiger partial charge in [-0.3, -0.25) is 9.98 Å². The first-order chi connectivity index (χ1) is 13.1. The number of nitrogens with zero attached hydrogens (tertiary/aromatic N) is 5. The highest BCUT2D eigenvalue weighted by Gasteiger charge is 2.29. The third-order valence-electron chi connectivity index (χ3n) is 5.74. The fourth-order valence-electron chi connectivity index (χ4n) is 3.96. The summed E-state index contributed by atoms with van der Waals surface area (Å²) in [6, 6.07) is 4.61. The van der Waals surface area contributed by atoms with Crippen molar-refractivity contribution in [3.05, 3.63) is 48.8 Å². The largest absolute Gasteiger partial charge is 0.356 e. The van der Waals surface area contributed by atoms with Gasteiger partial charge < -0.3 is 14.8 Å². The molecule has 0 aromatic carbocycles. The van der Waals surface area contributed by atoms with Crippen molar-refractivity contribution in [3.63, 3.8) is 0 Å². The van der Waals surface area contributed by atoms with E-state index in [0.29, 0.717) is 23.8 Å². The van der Waals surface area contributed by atoms with Crippen molar-refractivity contribution in [2.24, 2.45) is 16.8 Å². The van der Waals surface area contributed by atoms with E-state index in [2.05, 4.69) is 62.8 Å². The molecule has 1 N–H and O–H groups in total. The number of halogens is 1. The van der Waals surface area contributed by atoms with Gasteiger partial charge in [-0.05, 0) is 29.9 Å². The van der Waals surface area contributed by atoms with Crippen molar-refractivity contribution in [3.8, 4) is 0 Å². The SMILES string of the molecule is CN=C(NCC(c1cccnc1)C(C)C)N1CCC(C)C(n2ccnc2)C1.I. The molecule has 154 valence electrons. The highest BCUT2D eigenvalue weighted by atomic mass is 127. The molecule has 28 heavy (non-hydrogen) atoms. The Morgan fingerprint density at radius 2 is 2.14 bits per heavy atom. The van der Waals surface area contributed by atoms with E-state index in [1.54, 1.807) is 0 Å². The zero-order chi connectivity index (χ0) is 19.2. The number of aromatic nitrogens is 3. The molecule has 0 spiro atoms. The Kier molecular flexibility index (Phi) is 8.72. The summed E-state index contributed by atoms with van der Waals surface area (Å²) in [6.45, 7) is 9.70. The number of hydrogen-bond donors (Lipinski definition) is 1. The van der Waals surface area contributed by atoms with Crippen molar-refractivity contribution in [1.29, 1.82) is 0 Å². The maximum atomic E-state index is 4.57. The molecule has 2 aromatic rings. The van der Waals surface area contributed by atoms with Crippen molar-refractivity contribution >= 4 is 29.9 Å². The van der Waals surface area contributed by atoms with Gasteiger partial charge in [-0.25, -0.2) is 4.98 Å². The molecule has 0 aliphatic carbocycles. The Balaban J connectivity index is 0.00000280. The molecule has 1 fully saturated rings. The van der Waals surface area contributed by atoms with Crippen LogP contribution in [0.5, 0.6) is 0 Å². The highest BCUT2D eigenvalue weighted by molar-refractivity contribution is 14.0. The van der Waals surface area contributed by atoms with E-state index < -0.39 is 0 Å². The third-order valence-corrected chi connectivity index (χ3v) is 5.74. The summed E-state index contributed by atoms with van der Waals surface area (Å²) in [5, 5.41) is 3.62. The van der Waals surface area contributed by atoms with Crippen molar-refractivity contribution in [1.82, 2.24) is 24.8 Å². The smallest absolute Gasteiger partial charge is 0.193 e. The lowest BCUT2D eigenvalue weighted by molar-refractivity contribution is 0.188. The second-order valence-electron chi connectivity index (χ2n) is 7.85. The fraction of sp³-hybridized carbons (Fsp3) is 0.571. The Morgan fingerprint density at radius 1 is 1.32 bits per heavy atom. The Labute approximate surface area is 185 Å². The fourth-order valence-corrected chi connectivity index (χ4v) is 3.96. The Bertz CT molecular complexity index is 716. The van der Waals surface area contributed by atoms with E-state index >= 15 is 0 Å². The van der Waals surface area contributed by atoms with E-state index in [1.807, 2.05) is 38.0 Å². The number of aliphatic imine (C=N–C) groups is 1. The average molecular weight is 496 g/mol. The van der Waals surface area contributed by atoms with Gasteiger partial charge in [0.25, 0.3) is 0 Å². The quantitative estimate of drug-likeness (QED) is 0.389. The summed E-state index contributed by atoms with van der Waals surface area (Å²) in [5.74, 6) is 2.55. The van der Waals surface area contributed by atoms with Crippen molar-refractivity contribution in [2.45, 2.75) is 39.2 Å². The molecule has 3 heterocycles. The van der Waals surface area contributed by atoms with Gasteiger partial charge in [-0.1, -0.05) is 26.8 Å². The van der Waals surface area contributed by atoms with Crippen LogP contribution in [0.25, 0.3) is 0 Å². The van der Waals surface area contributed by atoms with Crippen LogP contribution in [-0.2, 0) is 0 Å². The normalized spacial score (nSPS) is 21.3. The molecule has 3 unspecified atom stereocenters. The second-order valence-corrected chi connectivity index (χ2v) is 7.85. The standard InChI is InChI=1S/C21H32N6.HI/c1-16(2)19(18-6-5-8-23-12-18)13-25-21(22-4)26-10-7-17(3)20(14-26)27-11-9-24-15-27;/h5-6,8-9,11-12,15-17,19-20H,7,10,13-14H2,1-4H3,(H,22,25);1H. The Morgan fingerprint density at radius 3 is 2.75 bits per heavy atom. The van der Waals surface area contributed by atoms with Crippen LogP contribution < -0.4 is 5.32 Å². The minimum atomic E-state index is 0. The van der Waals surface area contributed by atoms with E-state index in [0.717, 1.165) is 32.0 Å². The van der Waals surface area contributed by atoms with Crippen LogP contribution in [0.2, 0.25) is 0 Å². The second kappa shape index (κ2) is 10.8. The number of guanidine groups is 1. The van der Waals surface area contributed by atoms with Crippen LogP contribution in [0.3, 0.4) is 0 Å². The van der Waals surface area contributed by atoms with Crippen LogP contribution in [0.15, 0.2) is 48.2 Å². The number of hydrogen-bond acceptors (Lipinski definition) is 3. The van der Waals surface area contributed by atoms with Crippen molar-refractivity contribution < 1.29 is 0 Å². The van der Waals surface area contributed by atoms with Crippen LogP contribution in [0.1, 0.15) is 44.7 Å². The number of piperidine rings is 1. The third kappa shape index (κ3) is 5.46. The van der Waals surface area contributed by atoms with Gasteiger partial charge in [0.1, 0.15) is 0 Å². The molecule has 1 aliphatic rings. The molecule has 6 nitrogen and oxygen atoms in total. The van der Waals surface area contributed by atoms with E-state index in [1.165, 1.54) is 5.56 Å². The molecule has 2 aromatic heterocycles. The van der Waals surface area contributed by atoms with Gasteiger partial charge in [0, 0.05) is 57.4 Å². The van der Waals surface area contributed by atoms with Crippen LogP contribution in [0.4, 0.5) is 0 Å². The summed E-state index contributed by atoms with van der Waals surface area (Å²) in [7, 11) is 1.88. The first kappa shape index (κ1) is 22.6. The first-order valence-corrected chi connectivity index (χ1v) is 9.93. The average Bonchev–Trinajstić information content (AvgIpc) is 3.21. The minimum absolute atomic E-state index is 0. The monoisotopic (exact) mass is 496 g/mol. The van der Waals surface area contributed by atoms with E-state index in [9.17, 15) is 0 Å². The number of imidazole rings is 1. The van der Waals surface area contributed by atoms with E-state index in [4.69, 9.17) is 0 Å². The lowest BCUT2D eigenvalue weighted by Gasteiger charge is -2.39. The molecule has 0 amide bonds. The summed E-state index contributed by atoms with van der Waals surface area (Å²) in [4.78, 5) is 15.5. The summed E-state index contributed by atoms with van der Waals surface area (Å²) < 4.78 is 2.23. The van der Waals surface area contributed by atoms with Gasteiger partial charge in [-0.15, -0.1) is 24.0 Å². The van der Waals surface area contributed by atoms with Gasteiger partial charge in [-0.2, -0.15) is 0 Å². The van der Waals surface area contributed by atoms with Crippen LogP contribution >= 0.6 is 24.0 Å². The summed E-state index contributed by atoms with van der Waals surface area (Å²) in [5.41, 5.74) is 1.28. The highest BCUT2D eigenvalue weighted by Crippen LogP contribution is 2.28. The van der Waals surface area contributed by atoms with Gasteiger partial charge in [0.2, 0.25) is 0 Å². The summed E-state index contributed by atoms with van der Waals surface area (Å²) in [6.07, 6.45) is 10.8. The number of pyridine rings is 1. The molecule has 0 bridgehead atoms. The molecular weight excluding hydrogens is 463 g/mol. The van der Waals surface area contributed by atoms with Crippen LogP contribution in [-0.4, -0.2) is 52.1 Å². The predicted molar refractivity (Wildman–Crippen MR) is 125 cm³/mol. The van der Waals surface area contributed by atoms with Crippen LogP contribution in [0, 0.1) is 11.8 Å². The van der Waals surface area contributed by atoms with E-state index in [-0.39, 0.29) is 24.0 Å². The summed E-state index contributed by atoms with van der Waals surface area (Å²) >= 11 is 0. The van der Waals surface area contributed by atoms with Crippen molar-refractivity contribution in [2.75, 3.05) is 26.7 Å². The number of nitrogens with one attached hydrogen (secondary N) is 1. The number of rotatable bonds is 5. The van der Waals surface area contributed by atoms with Gasteiger partial charge in [0.15, 0.2) is 5.96 Å². The number of likely N-dealkylation sites (tertiary alicyclic amines) is 1. The first-order valence-electron chi connectivity index (χ1n) is 9.93. The Hall–Kier alpha value is -1.64. The van der Waals surface area contributed by atoms with Gasteiger partial charge in [0.05, 0.1) is 12.4 Å². The zero-order valence-corrected chi connectivity index (χ0v) is 19.7. The molecular formula is C21H33IN6. The molecule has 7 heteroatoms. The molecule has 1 saturated heterocycles. The zero-order valence-electron chi connectivity index (χ0n) is 17.3. The maximum absolute atomic E-state index is 4.57. The topological polar surface area (TPSA) is 58.3 Å². The van der Waals surface area contributed by atoms with Gasteiger partial charge >= 0.3 is 0 Å². The molecule has 0 radical (unpaired) electrons.